The maximum absolute atomic E-state index is 3.61. The van der Waals surface area contributed by atoms with Gasteiger partial charge in [0, 0.05) is 21.2 Å². The van der Waals surface area contributed by atoms with Crippen molar-refractivity contribution in [1.29, 1.82) is 0 Å². The maximum Gasteiger partial charge on any atom is 0.0537 e. The molecule has 100 valence electrons. The van der Waals surface area contributed by atoms with Crippen molar-refractivity contribution < 1.29 is 0 Å². The van der Waals surface area contributed by atoms with Gasteiger partial charge in [0.2, 0.25) is 0 Å². The predicted molar refractivity (Wildman–Crippen MR) is 84.9 cm³/mol. The second-order valence-corrected chi connectivity index (χ2v) is 7.20. The summed E-state index contributed by atoms with van der Waals surface area (Å²) in [4.78, 5) is 1.35. The average Bonchev–Trinajstić information content (AvgIpc) is 2.68. The summed E-state index contributed by atoms with van der Waals surface area (Å²) in [6, 6.07) is 2.45. The molecule has 0 fully saturated rings. The first kappa shape index (κ1) is 15.8. The zero-order valence-corrected chi connectivity index (χ0v) is 14.0. The molecule has 1 unspecified atom stereocenters. The van der Waals surface area contributed by atoms with Gasteiger partial charge in [-0.15, -0.1) is 17.3 Å². The lowest BCUT2D eigenvalue weighted by atomic mass is 9.97. The van der Waals surface area contributed by atoms with Gasteiger partial charge in [-0.25, -0.2) is 0 Å². The van der Waals surface area contributed by atoms with Crippen LogP contribution >= 0.6 is 27.3 Å². The summed E-state index contributed by atoms with van der Waals surface area (Å²) in [6.07, 6.45) is 2.02. The minimum Gasteiger partial charge on any atom is -0.308 e. The average molecular weight is 328 g/mol. The largest absolute Gasteiger partial charge is 0.308 e. The molecular weight excluding hydrogens is 306 g/mol. The van der Waals surface area contributed by atoms with Crippen LogP contribution in [0.5, 0.6) is 0 Å². The van der Waals surface area contributed by atoms with Gasteiger partial charge in [-0.05, 0) is 61.1 Å². The Kier molecular flexibility index (Phi) is 6.42. The smallest absolute Gasteiger partial charge is 0.0537 e. The summed E-state index contributed by atoms with van der Waals surface area (Å²) < 4.78 is 1.19. The molecular formula is C15H22BrNS. The van der Waals surface area contributed by atoms with Gasteiger partial charge >= 0.3 is 0 Å². The number of hydrogen-bond donors (Lipinski definition) is 1. The molecule has 0 aliphatic rings. The Bertz CT molecular complexity index is 420. The van der Waals surface area contributed by atoms with E-state index < -0.39 is 0 Å². The first-order valence-electron chi connectivity index (χ1n) is 6.40. The lowest BCUT2D eigenvalue weighted by molar-refractivity contribution is 0.543. The predicted octanol–water partition coefficient (Wildman–Crippen LogP) is 4.99. The molecule has 0 aliphatic heterocycles. The molecule has 1 nitrogen and oxygen atoms in total. The zero-order chi connectivity index (χ0) is 13.6. The lowest BCUT2D eigenvalue weighted by Crippen LogP contribution is -2.21. The summed E-state index contributed by atoms with van der Waals surface area (Å²) in [5.74, 6) is 6.63. The fourth-order valence-electron chi connectivity index (χ4n) is 1.55. The molecule has 0 aliphatic carbocycles. The Balaban J connectivity index is 2.73. The highest BCUT2D eigenvalue weighted by molar-refractivity contribution is 9.10. The Morgan fingerprint density at radius 2 is 2.17 bits per heavy atom. The van der Waals surface area contributed by atoms with Gasteiger partial charge in [0.25, 0.3) is 0 Å². The molecule has 0 saturated heterocycles. The summed E-state index contributed by atoms with van der Waals surface area (Å²) in [7, 11) is 0. The van der Waals surface area contributed by atoms with Crippen molar-refractivity contribution in [1.82, 2.24) is 5.32 Å². The summed E-state index contributed by atoms with van der Waals surface area (Å²) in [5.41, 5.74) is 0.0853. The van der Waals surface area contributed by atoms with E-state index in [4.69, 9.17) is 0 Å². The van der Waals surface area contributed by atoms with Gasteiger partial charge in [0.05, 0.1) is 6.04 Å². The van der Waals surface area contributed by atoms with Gasteiger partial charge in [-0.3, -0.25) is 0 Å². The first-order valence-corrected chi connectivity index (χ1v) is 8.07. The molecule has 18 heavy (non-hydrogen) atoms. The van der Waals surface area contributed by atoms with Crippen LogP contribution in [-0.4, -0.2) is 6.54 Å². The van der Waals surface area contributed by atoms with Crippen molar-refractivity contribution in [2.75, 3.05) is 6.54 Å². The summed E-state index contributed by atoms with van der Waals surface area (Å²) in [6.45, 7) is 9.67. The minimum atomic E-state index is 0.0853. The van der Waals surface area contributed by atoms with Gasteiger partial charge in [0.15, 0.2) is 0 Å². The lowest BCUT2D eigenvalue weighted by Gasteiger charge is -2.15. The highest BCUT2D eigenvalue weighted by atomic mass is 79.9. The number of thiophene rings is 1. The van der Waals surface area contributed by atoms with Crippen LogP contribution in [0.25, 0.3) is 0 Å². The molecule has 0 aromatic carbocycles. The first-order chi connectivity index (χ1) is 8.44. The van der Waals surface area contributed by atoms with Crippen molar-refractivity contribution in [3.8, 4) is 11.8 Å². The standard InChI is InChI=1S/C15H22BrNS/c1-5-10-17-13(7-6-9-15(2,3)4)14-12(16)8-11-18-14/h8,11,13,17H,5,7,10H2,1-4H3. The molecule has 0 bridgehead atoms. The Hall–Kier alpha value is -0.300. The van der Waals surface area contributed by atoms with Gasteiger partial charge < -0.3 is 5.32 Å². The van der Waals surface area contributed by atoms with Gasteiger partial charge in [-0.2, -0.15) is 0 Å². The van der Waals surface area contributed by atoms with Gasteiger partial charge in [-0.1, -0.05) is 12.8 Å². The number of nitrogens with one attached hydrogen (secondary N) is 1. The van der Waals surface area contributed by atoms with Crippen molar-refractivity contribution in [2.24, 2.45) is 5.41 Å². The Morgan fingerprint density at radius 1 is 1.44 bits per heavy atom. The van der Waals surface area contributed by atoms with Crippen LogP contribution < -0.4 is 5.32 Å². The van der Waals surface area contributed by atoms with E-state index in [9.17, 15) is 0 Å². The molecule has 1 aromatic rings. The Labute approximate surface area is 124 Å². The van der Waals surface area contributed by atoms with Crippen molar-refractivity contribution in [3.05, 3.63) is 20.8 Å². The molecule has 1 heterocycles. The second kappa shape index (κ2) is 7.33. The van der Waals surface area contributed by atoms with E-state index >= 15 is 0 Å². The van der Waals surface area contributed by atoms with Crippen LogP contribution in [0.2, 0.25) is 0 Å². The van der Waals surface area contributed by atoms with Crippen LogP contribution in [0.4, 0.5) is 0 Å². The van der Waals surface area contributed by atoms with Crippen LogP contribution in [0.3, 0.4) is 0 Å². The molecule has 1 N–H and O–H groups in total. The van der Waals surface area contributed by atoms with E-state index in [0.717, 1.165) is 19.4 Å². The molecule has 1 atom stereocenters. The molecule has 0 amide bonds. The molecule has 1 rings (SSSR count). The monoisotopic (exact) mass is 327 g/mol. The highest BCUT2D eigenvalue weighted by Gasteiger charge is 2.14. The van der Waals surface area contributed by atoms with E-state index in [1.807, 2.05) is 0 Å². The highest BCUT2D eigenvalue weighted by Crippen LogP contribution is 2.30. The van der Waals surface area contributed by atoms with E-state index in [1.165, 1.54) is 9.35 Å². The van der Waals surface area contributed by atoms with E-state index in [-0.39, 0.29) is 5.41 Å². The fourth-order valence-corrected chi connectivity index (χ4v) is 3.27. The Morgan fingerprint density at radius 3 is 2.67 bits per heavy atom. The van der Waals surface area contributed by atoms with E-state index in [2.05, 4.69) is 72.2 Å². The quantitative estimate of drug-likeness (QED) is 0.751. The third-order valence-corrected chi connectivity index (χ3v) is 4.36. The third-order valence-electron chi connectivity index (χ3n) is 2.37. The summed E-state index contributed by atoms with van der Waals surface area (Å²) >= 11 is 5.40. The van der Waals surface area contributed by atoms with Crippen molar-refractivity contribution in [2.45, 2.75) is 46.6 Å². The molecule has 0 radical (unpaired) electrons. The van der Waals surface area contributed by atoms with E-state index in [1.54, 1.807) is 11.3 Å². The van der Waals surface area contributed by atoms with Crippen LogP contribution in [-0.2, 0) is 0 Å². The topological polar surface area (TPSA) is 12.0 Å². The molecule has 0 saturated carbocycles. The van der Waals surface area contributed by atoms with Gasteiger partial charge in [0.1, 0.15) is 0 Å². The molecule has 3 heteroatoms. The van der Waals surface area contributed by atoms with Crippen LogP contribution in [0.15, 0.2) is 15.9 Å². The molecule has 0 spiro atoms. The molecule has 1 aromatic heterocycles. The van der Waals surface area contributed by atoms with Crippen molar-refractivity contribution in [3.63, 3.8) is 0 Å². The number of hydrogen-bond acceptors (Lipinski definition) is 2. The third kappa shape index (κ3) is 5.56. The SMILES string of the molecule is CCCNC(CC#CC(C)(C)C)c1sccc1Br. The summed E-state index contributed by atoms with van der Waals surface area (Å²) in [5, 5.41) is 5.70. The number of rotatable bonds is 5. The normalized spacial score (nSPS) is 12.9. The van der Waals surface area contributed by atoms with E-state index in [0.29, 0.717) is 6.04 Å². The maximum atomic E-state index is 3.61. The van der Waals surface area contributed by atoms with Crippen LogP contribution in [0.1, 0.15) is 51.5 Å². The number of halogens is 1. The van der Waals surface area contributed by atoms with Crippen molar-refractivity contribution >= 4 is 27.3 Å². The second-order valence-electron chi connectivity index (χ2n) is 5.40. The van der Waals surface area contributed by atoms with Crippen LogP contribution in [0, 0.1) is 17.3 Å². The fraction of sp³-hybridized carbons (Fsp3) is 0.600. The zero-order valence-electron chi connectivity index (χ0n) is 11.6. The minimum absolute atomic E-state index is 0.0853.